The van der Waals surface area contributed by atoms with Crippen LogP contribution in [0.1, 0.15) is 18.1 Å². The number of aromatic nitrogens is 2. The number of carbonyl (C=O) groups is 2. The second kappa shape index (κ2) is 8.54. The molecule has 0 unspecified atom stereocenters. The Kier molecular flexibility index (Phi) is 6.43. The maximum Gasteiger partial charge on any atom is 0.239 e. The van der Waals surface area contributed by atoms with Gasteiger partial charge in [0.1, 0.15) is 0 Å². The molecular weight excluding hydrogens is 324 g/mol. The van der Waals surface area contributed by atoms with E-state index < -0.39 is 0 Å². The van der Waals surface area contributed by atoms with E-state index in [1.165, 1.54) is 17.3 Å². The van der Waals surface area contributed by atoms with Crippen molar-refractivity contribution in [2.45, 2.75) is 25.9 Å². The topological polar surface area (TPSA) is 76.0 Å². The monoisotopic (exact) mass is 346 g/mol. The van der Waals surface area contributed by atoms with Gasteiger partial charge in [0.05, 0.1) is 18.0 Å². The van der Waals surface area contributed by atoms with E-state index in [-0.39, 0.29) is 24.1 Å². The Morgan fingerprint density at radius 2 is 2.00 bits per heavy atom. The fourth-order valence-corrected chi connectivity index (χ4v) is 3.07. The van der Waals surface area contributed by atoms with E-state index in [9.17, 15) is 9.59 Å². The van der Waals surface area contributed by atoms with Gasteiger partial charge in [-0.15, -0.1) is 0 Å². The summed E-state index contributed by atoms with van der Waals surface area (Å²) in [6, 6.07) is 6.21. The average Bonchev–Trinajstić information content (AvgIpc) is 2.99. The van der Waals surface area contributed by atoms with Crippen molar-refractivity contribution in [2.75, 3.05) is 18.8 Å². The Labute approximate surface area is 146 Å². The van der Waals surface area contributed by atoms with Crippen LogP contribution in [-0.4, -0.2) is 40.2 Å². The van der Waals surface area contributed by atoms with Crippen LogP contribution in [0.15, 0.2) is 35.7 Å². The quantitative estimate of drug-likeness (QED) is 0.750. The zero-order valence-corrected chi connectivity index (χ0v) is 14.9. The first-order valence-electron chi connectivity index (χ1n) is 7.78. The Bertz CT molecular complexity index is 727. The molecule has 6 nitrogen and oxygen atoms in total. The summed E-state index contributed by atoms with van der Waals surface area (Å²) >= 11 is 1.34. The molecule has 0 atom stereocenters. The normalized spacial score (nSPS) is 10.5. The Morgan fingerprint density at radius 3 is 2.71 bits per heavy atom. The minimum atomic E-state index is -0.193. The van der Waals surface area contributed by atoms with E-state index in [1.807, 2.05) is 23.8 Å². The number of likely N-dealkylation sites (N-methyl/N-ethyl adjacent to an activating group) is 1. The molecule has 0 saturated heterocycles. The van der Waals surface area contributed by atoms with Crippen molar-refractivity contribution < 1.29 is 9.59 Å². The van der Waals surface area contributed by atoms with E-state index in [0.29, 0.717) is 6.54 Å². The highest BCUT2D eigenvalue weighted by Crippen LogP contribution is 2.23. The number of hydrogen-bond donors (Lipinski definition) is 2. The summed E-state index contributed by atoms with van der Waals surface area (Å²) < 4.78 is 1.97. The van der Waals surface area contributed by atoms with Gasteiger partial charge in [0.15, 0.2) is 5.16 Å². The molecule has 0 bridgehead atoms. The van der Waals surface area contributed by atoms with Crippen molar-refractivity contribution >= 4 is 23.6 Å². The van der Waals surface area contributed by atoms with Crippen molar-refractivity contribution in [3.63, 3.8) is 0 Å². The van der Waals surface area contributed by atoms with Crippen LogP contribution in [0.5, 0.6) is 0 Å². The molecule has 2 amide bonds. The van der Waals surface area contributed by atoms with E-state index in [4.69, 9.17) is 0 Å². The molecule has 0 spiro atoms. The first-order chi connectivity index (χ1) is 11.5. The molecule has 24 heavy (non-hydrogen) atoms. The van der Waals surface area contributed by atoms with Gasteiger partial charge in [-0.1, -0.05) is 29.5 Å². The van der Waals surface area contributed by atoms with Crippen molar-refractivity contribution in [2.24, 2.45) is 0 Å². The number of hydrogen-bond acceptors (Lipinski definition) is 4. The van der Waals surface area contributed by atoms with E-state index in [0.717, 1.165) is 16.4 Å². The number of aryl methyl sites for hydroxylation is 2. The Morgan fingerprint density at radius 1 is 1.21 bits per heavy atom. The van der Waals surface area contributed by atoms with Gasteiger partial charge in [-0.3, -0.25) is 14.2 Å². The van der Waals surface area contributed by atoms with Gasteiger partial charge in [0, 0.05) is 18.9 Å². The predicted octanol–water partition coefficient (Wildman–Crippen LogP) is 1.83. The van der Waals surface area contributed by atoms with Crippen LogP contribution in [0.3, 0.4) is 0 Å². The van der Waals surface area contributed by atoms with Gasteiger partial charge < -0.3 is 10.6 Å². The average molecular weight is 346 g/mol. The van der Waals surface area contributed by atoms with Crippen molar-refractivity contribution in [3.05, 3.63) is 41.7 Å². The van der Waals surface area contributed by atoms with Gasteiger partial charge in [0.25, 0.3) is 0 Å². The van der Waals surface area contributed by atoms with Gasteiger partial charge >= 0.3 is 0 Å². The van der Waals surface area contributed by atoms with Crippen molar-refractivity contribution in [1.29, 1.82) is 0 Å². The van der Waals surface area contributed by atoms with Gasteiger partial charge in [-0.05, 0) is 32.4 Å². The lowest BCUT2D eigenvalue weighted by atomic mass is 10.1. The molecule has 128 valence electrons. The third-order valence-corrected chi connectivity index (χ3v) is 4.34. The minimum Gasteiger partial charge on any atom is -0.355 e. The number of imidazole rings is 1. The molecule has 2 rings (SSSR count). The molecule has 0 aliphatic carbocycles. The molecule has 0 aliphatic rings. The Hall–Kier alpha value is -2.28. The van der Waals surface area contributed by atoms with E-state index in [1.54, 1.807) is 6.20 Å². The second-order valence-corrected chi connectivity index (χ2v) is 6.33. The van der Waals surface area contributed by atoms with Crippen LogP contribution in [0, 0.1) is 13.8 Å². The van der Waals surface area contributed by atoms with Gasteiger partial charge in [-0.25, -0.2) is 4.98 Å². The van der Waals surface area contributed by atoms with E-state index >= 15 is 0 Å². The van der Waals surface area contributed by atoms with Crippen molar-refractivity contribution in [1.82, 2.24) is 20.2 Å². The van der Waals surface area contributed by atoms with Crippen LogP contribution in [-0.2, 0) is 9.59 Å². The fourth-order valence-electron chi connectivity index (χ4n) is 2.28. The Balaban J connectivity index is 1.96. The lowest BCUT2D eigenvalue weighted by Crippen LogP contribution is -2.37. The molecule has 1 aromatic heterocycles. The van der Waals surface area contributed by atoms with Crippen LogP contribution in [0.25, 0.3) is 5.69 Å². The summed E-state index contributed by atoms with van der Waals surface area (Å²) in [5.74, 6) is -0.171. The summed E-state index contributed by atoms with van der Waals surface area (Å²) in [4.78, 5) is 27.5. The summed E-state index contributed by atoms with van der Waals surface area (Å²) in [7, 11) is 0. The largest absolute Gasteiger partial charge is 0.355 e. The standard InChI is InChI=1S/C17H22N4O2S/c1-4-18-15(22)10-20-16(23)11-24-17-19-7-8-21(17)14-6-5-12(2)9-13(14)3/h5-9H,4,10-11H2,1-3H3,(H,18,22)(H,20,23). The summed E-state index contributed by atoms with van der Waals surface area (Å²) in [6.45, 7) is 6.49. The number of nitrogens with zero attached hydrogens (tertiary/aromatic N) is 2. The van der Waals surface area contributed by atoms with E-state index in [2.05, 4.69) is 41.6 Å². The molecule has 2 N–H and O–H groups in total. The molecule has 0 saturated carbocycles. The van der Waals surface area contributed by atoms with Crippen LogP contribution >= 0.6 is 11.8 Å². The second-order valence-electron chi connectivity index (χ2n) is 5.39. The lowest BCUT2D eigenvalue weighted by Gasteiger charge is -2.11. The highest BCUT2D eigenvalue weighted by Gasteiger charge is 2.11. The smallest absolute Gasteiger partial charge is 0.239 e. The van der Waals surface area contributed by atoms with Crippen LogP contribution < -0.4 is 10.6 Å². The number of amides is 2. The predicted molar refractivity (Wildman–Crippen MR) is 95.5 cm³/mol. The third kappa shape index (κ3) is 4.86. The molecule has 1 aromatic carbocycles. The molecule has 0 aliphatic heterocycles. The molecule has 7 heteroatoms. The SMILES string of the molecule is CCNC(=O)CNC(=O)CSc1nccn1-c1ccc(C)cc1C. The van der Waals surface area contributed by atoms with Crippen molar-refractivity contribution in [3.8, 4) is 5.69 Å². The third-order valence-electron chi connectivity index (χ3n) is 3.37. The van der Waals surface area contributed by atoms with Crippen LogP contribution in [0.4, 0.5) is 0 Å². The summed E-state index contributed by atoms with van der Waals surface area (Å²) in [6.07, 6.45) is 3.60. The van der Waals surface area contributed by atoms with Gasteiger partial charge in [0.2, 0.25) is 11.8 Å². The zero-order chi connectivity index (χ0) is 17.5. The number of thioether (sulfide) groups is 1. The molecule has 1 heterocycles. The number of carbonyl (C=O) groups excluding carboxylic acids is 2. The maximum absolute atomic E-state index is 11.9. The fraction of sp³-hybridized carbons (Fsp3) is 0.353. The first-order valence-corrected chi connectivity index (χ1v) is 8.77. The zero-order valence-electron chi connectivity index (χ0n) is 14.1. The maximum atomic E-state index is 11.9. The highest BCUT2D eigenvalue weighted by molar-refractivity contribution is 7.99. The molecular formula is C17H22N4O2S. The molecule has 0 radical (unpaired) electrons. The number of benzene rings is 1. The minimum absolute atomic E-state index is 0.00125. The molecule has 2 aromatic rings. The number of rotatable bonds is 7. The lowest BCUT2D eigenvalue weighted by molar-refractivity contribution is -0.124. The van der Waals surface area contributed by atoms with Gasteiger partial charge in [-0.2, -0.15) is 0 Å². The summed E-state index contributed by atoms with van der Waals surface area (Å²) in [5, 5.41) is 5.98. The van der Waals surface area contributed by atoms with Crippen LogP contribution in [0.2, 0.25) is 0 Å². The highest BCUT2D eigenvalue weighted by atomic mass is 32.2. The first kappa shape index (κ1) is 18.1. The number of nitrogens with one attached hydrogen (secondary N) is 2. The molecule has 0 fully saturated rings. The summed E-state index contributed by atoms with van der Waals surface area (Å²) in [5.41, 5.74) is 3.40.